The summed E-state index contributed by atoms with van der Waals surface area (Å²) in [5.41, 5.74) is 0. The summed E-state index contributed by atoms with van der Waals surface area (Å²) in [6.45, 7) is -0.0738. The van der Waals surface area contributed by atoms with Gasteiger partial charge in [0.25, 0.3) is 0 Å². The molecule has 0 bridgehead atoms. The highest BCUT2D eigenvalue weighted by Crippen LogP contribution is 2.35. The molecule has 108 valence electrons. The Morgan fingerprint density at radius 1 is 0.947 bits per heavy atom. The monoisotopic (exact) mass is 310 g/mol. The summed E-state index contributed by atoms with van der Waals surface area (Å²) in [5.74, 6) is 0.215. The molecule has 0 amide bonds. The number of aromatic hydroxyl groups is 1. The molecular weight excluding hydrogens is 295 g/mol. The van der Waals surface area contributed by atoms with Crippen LogP contribution in [0.1, 0.15) is 0 Å². The molecule has 1 aromatic rings. The molecule has 3 N–H and O–H groups in total. The van der Waals surface area contributed by atoms with Gasteiger partial charge in [0.2, 0.25) is 5.75 Å². The Labute approximate surface area is 121 Å². The van der Waals surface area contributed by atoms with Gasteiger partial charge in [0, 0.05) is 0 Å². The number of aliphatic hydroxyl groups is 2. The predicted octanol–water partition coefficient (Wildman–Crippen LogP) is 1.35. The molecule has 0 aliphatic carbocycles. The van der Waals surface area contributed by atoms with Crippen LogP contribution in [0.5, 0.6) is 17.2 Å². The smallest absolute Gasteiger partial charge is 0.200 e. The lowest BCUT2D eigenvalue weighted by atomic mass is 10.3. The Morgan fingerprint density at radius 3 is 1.74 bits per heavy atom. The largest absolute Gasteiger partial charge is 0.502 e. The second-order valence-corrected chi connectivity index (χ2v) is 4.46. The molecule has 0 saturated carbocycles. The molecule has 0 aliphatic rings. The molecule has 2 atom stereocenters. The average Bonchev–Trinajstić information content (AvgIpc) is 2.44. The molecule has 0 aromatic heterocycles. The summed E-state index contributed by atoms with van der Waals surface area (Å²) in [6.07, 6.45) is -1.63. The minimum absolute atomic E-state index is 0.0369. The molecule has 0 heterocycles. The van der Waals surface area contributed by atoms with Gasteiger partial charge < -0.3 is 24.8 Å². The van der Waals surface area contributed by atoms with Crippen LogP contribution >= 0.6 is 23.2 Å². The van der Waals surface area contributed by atoms with Crippen molar-refractivity contribution >= 4 is 23.2 Å². The first-order chi connectivity index (χ1) is 9.08. The lowest BCUT2D eigenvalue weighted by molar-refractivity contribution is 0.117. The highest BCUT2D eigenvalue weighted by Gasteiger charge is 2.12. The molecule has 19 heavy (non-hydrogen) atoms. The van der Waals surface area contributed by atoms with Crippen molar-refractivity contribution in [2.45, 2.75) is 12.2 Å². The first-order valence-electron chi connectivity index (χ1n) is 5.64. The van der Waals surface area contributed by atoms with Crippen molar-refractivity contribution < 1.29 is 24.8 Å². The Bertz CT molecular complexity index is 356. The van der Waals surface area contributed by atoms with E-state index in [0.717, 1.165) is 0 Å². The molecule has 1 aromatic carbocycles. The van der Waals surface area contributed by atoms with Gasteiger partial charge >= 0.3 is 0 Å². The van der Waals surface area contributed by atoms with E-state index in [2.05, 4.69) is 0 Å². The highest BCUT2D eigenvalue weighted by atomic mass is 35.5. The molecule has 0 fully saturated rings. The maximum absolute atomic E-state index is 9.88. The maximum Gasteiger partial charge on any atom is 0.200 e. The zero-order valence-corrected chi connectivity index (χ0v) is 11.6. The van der Waals surface area contributed by atoms with Crippen LogP contribution < -0.4 is 9.47 Å². The van der Waals surface area contributed by atoms with Crippen LogP contribution in [0, 0.1) is 0 Å². The standard InChI is InChI=1S/C12H16Cl2O5/c13-4-8(15)6-18-10-2-1-3-11(12(10)17)19-7-9(16)5-14/h1-3,8-9,15-17H,4-7H2. The first-order valence-corrected chi connectivity index (χ1v) is 6.71. The van der Waals surface area contributed by atoms with Crippen LogP contribution in [0.2, 0.25) is 0 Å². The van der Waals surface area contributed by atoms with Crippen molar-refractivity contribution in [1.29, 1.82) is 0 Å². The van der Waals surface area contributed by atoms with Crippen LogP contribution in [0.25, 0.3) is 0 Å². The fourth-order valence-electron chi connectivity index (χ4n) is 1.20. The second kappa shape index (κ2) is 8.32. The van der Waals surface area contributed by atoms with Gasteiger partial charge in [-0.3, -0.25) is 0 Å². The quantitative estimate of drug-likeness (QED) is 0.632. The number of phenols is 1. The molecule has 2 unspecified atom stereocenters. The third kappa shape index (κ3) is 5.32. The Kier molecular flexibility index (Phi) is 7.09. The molecule has 0 saturated heterocycles. The molecule has 0 spiro atoms. The fraction of sp³-hybridized carbons (Fsp3) is 0.500. The van der Waals surface area contributed by atoms with Crippen molar-refractivity contribution in [3.05, 3.63) is 18.2 Å². The van der Waals surface area contributed by atoms with Gasteiger partial charge in [0.05, 0.1) is 11.8 Å². The zero-order chi connectivity index (χ0) is 14.3. The third-order valence-electron chi connectivity index (χ3n) is 2.18. The van der Waals surface area contributed by atoms with Gasteiger partial charge in [-0.25, -0.2) is 0 Å². The number of halogens is 2. The predicted molar refractivity (Wildman–Crippen MR) is 72.6 cm³/mol. The molecule has 0 radical (unpaired) electrons. The van der Waals surface area contributed by atoms with Crippen molar-refractivity contribution in [3.63, 3.8) is 0 Å². The summed E-state index contributed by atoms with van der Waals surface area (Å²) in [4.78, 5) is 0. The van der Waals surface area contributed by atoms with Crippen molar-refractivity contribution in [1.82, 2.24) is 0 Å². The maximum atomic E-state index is 9.88. The summed E-state index contributed by atoms with van der Waals surface area (Å²) in [7, 11) is 0. The van der Waals surface area contributed by atoms with Gasteiger partial charge in [-0.15, -0.1) is 23.2 Å². The van der Waals surface area contributed by atoms with Crippen molar-refractivity contribution in [2.24, 2.45) is 0 Å². The van der Waals surface area contributed by atoms with Crippen molar-refractivity contribution in [3.8, 4) is 17.2 Å². The van der Waals surface area contributed by atoms with Crippen LogP contribution in [0.15, 0.2) is 18.2 Å². The van der Waals surface area contributed by atoms with Crippen LogP contribution in [0.3, 0.4) is 0 Å². The average molecular weight is 311 g/mol. The van der Waals surface area contributed by atoms with E-state index in [4.69, 9.17) is 32.7 Å². The normalized spacial score (nSPS) is 13.9. The first kappa shape index (κ1) is 16.2. The fourth-order valence-corrected chi connectivity index (χ4v) is 1.37. The summed E-state index contributed by atoms with van der Waals surface area (Å²) in [5, 5.41) is 28.4. The van der Waals surface area contributed by atoms with Crippen molar-refractivity contribution in [2.75, 3.05) is 25.0 Å². The number of ether oxygens (including phenoxy) is 2. The molecule has 7 heteroatoms. The molecular formula is C12H16Cl2O5. The Hall–Kier alpha value is -0.880. The van der Waals surface area contributed by atoms with Gasteiger partial charge in [-0.1, -0.05) is 6.07 Å². The molecule has 5 nitrogen and oxygen atoms in total. The summed E-state index contributed by atoms with van der Waals surface area (Å²) >= 11 is 10.9. The van der Waals surface area contributed by atoms with Gasteiger partial charge in [0.1, 0.15) is 25.4 Å². The Morgan fingerprint density at radius 2 is 1.37 bits per heavy atom. The van der Waals surface area contributed by atoms with E-state index in [-0.39, 0.29) is 42.2 Å². The zero-order valence-electron chi connectivity index (χ0n) is 10.1. The topological polar surface area (TPSA) is 79.2 Å². The number of phenolic OH excluding ortho intramolecular Hbond substituents is 1. The summed E-state index contributed by atoms with van der Waals surface area (Å²) in [6, 6.07) is 4.67. The van der Waals surface area contributed by atoms with Crippen LogP contribution in [-0.4, -0.2) is 52.5 Å². The minimum atomic E-state index is -0.816. The number of para-hydroxylation sites is 1. The van der Waals surface area contributed by atoms with E-state index < -0.39 is 12.2 Å². The number of hydrogen-bond acceptors (Lipinski definition) is 5. The van der Waals surface area contributed by atoms with Crippen LogP contribution in [-0.2, 0) is 0 Å². The Balaban J connectivity index is 2.64. The number of rotatable bonds is 8. The lowest BCUT2D eigenvalue weighted by Gasteiger charge is -2.14. The van der Waals surface area contributed by atoms with E-state index in [1.165, 1.54) is 12.1 Å². The third-order valence-corrected chi connectivity index (χ3v) is 2.89. The number of aliphatic hydroxyl groups excluding tert-OH is 2. The van der Waals surface area contributed by atoms with Gasteiger partial charge in [0.15, 0.2) is 11.5 Å². The van der Waals surface area contributed by atoms with E-state index in [1.54, 1.807) is 6.07 Å². The lowest BCUT2D eigenvalue weighted by Crippen LogP contribution is -2.19. The molecule has 1 rings (SSSR count). The SMILES string of the molecule is Oc1c(OCC(O)CCl)cccc1OCC(O)CCl. The van der Waals surface area contributed by atoms with E-state index in [9.17, 15) is 15.3 Å². The second-order valence-electron chi connectivity index (χ2n) is 3.84. The summed E-state index contributed by atoms with van der Waals surface area (Å²) < 4.78 is 10.4. The number of benzene rings is 1. The van der Waals surface area contributed by atoms with E-state index in [0.29, 0.717) is 0 Å². The van der Waals surface area contributed by atoms with Gasteiger partial charge in [-0.2, -0.15) is 0 Å². The molecule has 0 aliphatic heterocycles. The van der Waals surface area contributed by atoms with Gasteiger partial charge in [-0.05, 0) is 12.1 Å². The highest BCUT2D eigenvalue weighted by molar-refractivity contribution is 6.18. The van der Waals surface area contributed by atoms with Crippen LogP contribution in [0.4, 0.5) is 0 Å². The number of alkyl halides is 2. The van der Waals surface area contributed by atoms with E-state index in [1.807, 2.05) is 0 Å². The minimum Gasteiger partial charge on any atom is -0.502 e. The van der Waals surface area contributed by atoms with E-state index >= 15 is 0 Å². The number of hydrogen-bond donors (Lipinski definition) is 3.